The topological polar surface area (TPSA) is 107 Å². The molecule has 0 aliphatic carbocycles. The lowest BCUT2D eigenvalue weighted by Gasteiger charge is -2.06. The molecule has 0 fully saturated rings. The Balaban J connectivity index is 2.06. The number of aromatic nitrogens is 2. The molecule has 0 saturated heterocycles. The minimum atomic E-state index is -0.965. The molecule has 1 aromatic carbocycles. The van der Waals surface area contributed by atoms with Crippen LogP contribution in [0, 0.1) is 10.1 Å². The summed E-state index contributed by atoms with van der Waals surface area (Å²) in [4.78, 5) is 21.2. The second-order valence-corrected chi connectivity index (χ2v) is 3.90. The summed E-state index contributed by atoms with van der Waals surface area (Å²) in [5.41, 5.74) is -0.784. The smallest absolute Gasteiger partial charge is 0.336 e. The molecule has 1 aromatic heterocycles. The first kappa shape index (κ1) is 13.7. The highest BCUT2D eigenvalue weighted by molar-refractivity contribution is 5.40. The maximum Gasteiger partial charge on any atom is 0.336 e. The maximum atomic E-state index is 11.6. The number of ether oxygens (including phenoxy) is 1. The normalized spacial score (nSPS) is 10.4. The van der Waals surface area contributed by atoms with Crippen molar-refractivity contribution in [3.8, 4) is 5.75 Å². The average Bonchev–Trinajstić information content (AvgIpc) is 2.44. The third-order valence-corrected chi connectivity index (χ3v) is 2.52. The van der Waals surface area contributed by atoms with E-state index < -0.39 is 21.9 Å². The zero-order valence-electron chi connectivity index (χ0n) is 10.3. The molecule has 2 aromatic rings. The van der Waals surface area contributed by atoms with Crippen LogP contribution in [0.1, 0.15) is 5.56 Å². The van der Waals surface area contributed by atoms with Crippen LogP contribution < -0.4 is 5.56 Å². The van der Waals surface area contributed by atoms with E-state index in [1.54, 1.807) is 0 Å². The molecule has 0 unspecified atom stereocenters. The zero-order valence-corrected chi connectivity index (χ0v) is 10.3. The van der Waals surface area contributed by atoms with Gasteiger partial charge in [0.1, 0.15) is 12.9 Å². The first-order valence-electron chi connectivity index (χ1n) is 5.64. The Labute approximate surface area is 113 Å². The molecule has 0 bridgehead atoms. The Morgan fingerprint density at radius 2 is 2.05 bits per heavy atom. The molecule has 2 rings (SSSR count). The molecule has 8 heteroatoms. The van der Waals surface area contributed by atoms with E-state index in [0.717, 1.165) is 16.4 Å². The van der Waals surface area contributed by atoms with Crippen LogP contribution in [0.4, 0.5) is 5.69 Å². The van der Waals surface area contributed by atoms with E-state index in [1.807, 2.05) is 30.3 Å². The number of aromatic hydroxyl groups is 1. The number of hydrogen-bond donors (Lipinski definition) is 1. The van der Waals surface area contributed by atoms with Crippen molar-refractivity contribution < 1.29 is 14.8 Å². The van der Waals surface area contributed by atoms with Gasteiger partial charge in [-0.05, 0) is 5.56 Å². The zero-order chi connectivity index (χ0) is 14.5. The first-order valence-corrected chi connectivity index (χ1v) is 5.64. The Morgan fingerprint density at radius 1 is 1.35 bits per heavy atom. The van der Waals surface area contributed by atoms with Crippen LogP contribution in [-0.2, 0) is 18.1 Å². The molecule has 1 heterocycles. The van der Waals surface area contributed by atoms with Gasteiger partial charge in [0.25, 0.3) is 5.75 Å². The van der Waals surface area contributed by atoms with Gasteiger partial charge in [0.2, 0.25) is 0 Å². The highest BCUT2D eigenvalue weighted by Gasteiger charge is 2.19. The lowest BCUT2D eigenvalue weighted by Crippen LogP contribution is -2.24. The summed E-state index contributed by atoms with van der Waals surface area (Å²) in [5.74, 6) is -0.951. The second kappa shape index (κ2) is 5.93. The van der Waals surface area contributed by atoms with E-state index in [1.165, 1.54) is 0 Å². The van der Waals surface area contributed by atoms with E-state index in [-0.39, 0.29) is 13.3 Å². The van der Waals surface area contributed by atoms with Gasteiger partial charge >= 0.3 is 11.2 Å². The van der Waals surface area contributed by atoms with E-state index >= 15 is 0 Å². The molecule has 0 radical (unpaired) electrons. The monoisotopic (exact) mass is 277 g/mol. The molecule has 1 N–H and O–H groups in total. The lowest BCUT2D eigenvalue weighted by atomic mass is 10.2. The third-order valence-electron chi connectivity index (χ3n) is 2.52. The lowest BCUT2D eigenvalue weighted by molar-refractivity contribution is -0.386. The SMILES string of the molecule is O=c1c(O)c([N+](=O)[O-])cnn1COCc1ccccc1. The quantitative estimate of drug-likeness (QED) is 0.646. The van der Waals surface area contributed by atoms with Crippen molar-refractivity contribution in [2.24, 2.45) is 0 Å². The Kier molecular flexibility index (Phi) is 4.06. The number of nitro groups is 1. The molecular formula is C12H11N3O5. The second-order valence-electron chi connectivity index (χ2n) is 3.90. The van der Waals surface area contributed by atoms with Gasteiger partial charge < -0.3 is 9.84 Å². The van der Waals surface area contributed by atoms with Gasteiger partial charge in [-0.15, -0.1) is 0 Å². The van der Waals surface area contributed by atoms with Crippen molar-refractivity contribution in [2.75, 3.05) is 0 Å². The summed E-state index contributed by atoms with van der Waals surface area (Å²) in [5, 5.41) is 23.5. The summed E-state index contributed by atoms with van der Waals surface area (Å²) in [6.45, 7) is 0.0476. The van der Waals surface area contributed by atoms with Crippen LogP contribution in [0.5, 0.6) is 5.75 Å². The van der Waals surface area contributed by atoms with Crippen molar-refractivity contribution in [2.45, 2.75) is 13.3 Å². The highest BCUT2D eigenvalue weighted by atomic mass is 16.6. The van der Waals surface area contributed by atoms with Crippen LogP contribution in [0.15, 0.2) is 41.3 Å². The average molecular weight is 277 g/mol. The third kappa shape index (κ3) is 2.98. The molecule has 0 atom stereocenters. The van der Waals surface area contributed by atoms with E-state index in [9.17, 15) is 20.0 Å². The molecule has 0 spiro atoms. The van der Waals surface area contributed by atoms with Crippen LogP contribution >= 0.6 is 0 Å². The summed E-state index contributed by atoms with van der Waals surface area (Å²) >= 11 is 0. The fraction of sp³-hybridized carbons (Fsp3) is 0.167. The summed E-state index contributed by atoms with van der Waals surface area (Å²) in [6, 6.07) is 9.26. The molecule has 0 aliphatic rings. The Morgan fingerprint density at radius 3 is 2.70 bits per heavy atom. The summed E-state index contributed by atoms with van der Waals surface area (Å²) in [7, 11) is 0. The van der Waals surface area contributed by atoms with Crippen LogP contribution in [0.3, 0.4) is 0 Å². The molecule has 0 aliphatic heterocycles. The number of benzene rings is 1. The van der Waals surface area contributed by atoms with Crippen molar-refractivity contribution in [1.82, 2.24) is 9.78 Å². The Bertz CT molecular complexity index is 669. The fourth-order valence-electron chi connectivity index (χ4n) is 1.52. The molecule has 0 saturated carbocycles. The largest absolute Gasteiger partial charge is 0.498 e. The Hall–Kier alpha value is -2.74. The minimum absolute atomic E-state index is 0.209. The standard InChI is InChI=1S/C12H11N3O5/c16-11-10(15(18)19)6-13-14(12(11)17)8-20-7-9-4-2-1-3-5-9/h1-6,16H,7-8H2. The first-order chi connectivity index (χ1) is 9.59. The highest BCUT2D eigenvalue weighted by Crippen LogP contribution is 2.18. The van der Waals surface area contributed by atoms with Crippen molar-refractivity contribution in [1.29, 1.82) is 0 Å². The number of nitrogens with zero attached hydrogens (tertiary/aromatic N) is 3. The summed E-state index contributed by atoms with van der Waals surface area (Å²) < 4.78 is 6.07. The van der Waals surface area contributed by atoms with Gasteiger partial charge in [0.15, 0.2) is 0 Å². The molecule has 104 valence electrons. The van der Waals surface area contributed by atoms with Gasteiger partial charge in [-0.1, -0.05) is 30.3 Å². The maximum absolute atomic E-state index is 11.6. The van der Waals surface area contributed by atoms with Crippen LogP contribution in [0.25, 0.3) is 0 Å². The predicted octanol–water partition coefficient (Wildman–Crippen LogP) is 1.03. The van der Waals surface area contributed by atoms with Gasteiger partial charge in [-0.3, -0.25) is 14.9 Å². The molecule has 8 nitrogen and oxygen atoms in total. The molecule has 20 heavy (non-hydrogen) atoms. The number of hydrogen-bond acceptors (Lipinski definition) is 6. The fourth-order valence-corrected chi connectivity index (χ4v) is 1.52. The van der Waals surface area contributed by atoms with Gasteiger partial charge in [0, 0.05) is 0 Å². The minimum Gasteiger partial charge on any atom is -0.498 e. The summed E-state index contributed by atoms with van der Waals surface area (Å²) in [6.07, 6.45) is 0.808. The molecule has 0 amide bonds. The van der Waals surface area contributed by atoms with Gasteiger partial charge in [-0.25, -0.2) is 0 Å². The van der Waals surface area contributed by atoms with Crippen molar-refractivity contribution in [3.05, 3.63) is 62.6 Å². The van der Waals surface area contributed by atoms with Gasteiger partial charge in [0.05, 0.1) is 11.5 Å². The van der Waals surface area contributed by atoms with E-state index in [4.69, 9.17) is 4.74 Å². The molecular weight excluding hydrogens is 266 g/mol. The van der Waals surface area contributed by atoms with E-state index in [2.05, 4.69) is 5.10 Å². The van der Waals surface area contributed by atoms with Gasteiger partial charge in [-0.2, -0.15) is 9.78 Å². The van der Waals surface area contributed by atoms with E-state index in [0.29, 0.717) is 0 Å². The van der Waals surface area contributed by atoms with Crippen molar-refractivity contribution in [3.63, 3.8) is 0 Å². The number of rotatable bonds is 5. The van der Waals surface area contributed by atoms with Crippen LogP contribution in [-0.4, -0.2) is 19.8 Å². The predicted molar refractivity (Wildman–Crippen MR) is 68.0 cm³/mol. The van der Waals surface area contributed by atoms with Crippen molar-refractivity contribution >= 4 is 5.69 Å². The van der Waals surface area contributed by atoms with Crippen LogP contribution in [0.2, 0.25) is 0 Å².